The van der Waals surface area contributed by atoms with Crippen molar-refractivity contribution in [1.29, 1.82) is 0 Å². The molecule has 1 aliphatic heterocycles. The summed E-state index contributed by atoms with van der Waals surface area (Å²) in [5.41, 5.74) is 4.31. The number of imide groups is 1. The van der Waals surface area contributed by atoms with Gasteiger partial charge in [0, 0.05) is 17.9 Å². The third-order valence-corrected chi connectivity index (χ3v) is 6.51. The quantitative estimate of drug-likeness (QED) is 0.427. The SMILES string of the molecule is COc1ccccc1OCCN1C(=O)S/C(=C/c2cc(C)n(Cc3ccccc3)c2C)C1=O. The summed E-state index contributed by atoms with van der Waals surface area (Å²) in [4.78, 5) is 27.1. The summed E-state index contributed by atoms with van der Waals surface area (Å²) in [6, 6.07) is 19.6. The number of nitrogens with zero attached hydrogens (tertiary/aromatic N) is 2. The molecule has 1 fully saturated rings. The van der Waals surface area contributed by atoms with E-state index in [1.54, 1.807) is 19.2 Å². The number of hydrogen-bond donors (Lipinski definition) is 0. The molecule has 0 bridgehead atoms. The number of thioether (sulfide) groups is 1. The van der Waals surface area contributed by atoms with E-state index in [0.29, 0.717) is 16.4 Å². The van der Waals surface area contributed by atoms with E-state index >= 15 is 0 Å². The van der Waals surface area contributed by atoms with Crippen molar-refractivity contribution in [1.82, 2.24) is 9.47 Å². The van der Waals surface area contributed by atoms with Gasteiger partial charge in [-0.2, -0.15) is 0 Å². The van der Waals surface area contributed by atoms with Crippen molar-refractivity contribution >= 4 is 29.0 Å². The fraction of sp³-hybridized carbons (Fsp3) is 0.231. The molecule has 4 rings (SSSR count). The lowest BCUT2D eigenvalue weighted by Gasteiger charge is -2.14. The smallest absolute Gasteiger partial charge is 0.293 e. The minimum Gasteiger partial charge on any atom is -0.493 e. The van der Waals surface area contributed by atoms with Gasteiger partial charge in [0.15, 0.2) is 11.5 Å². The maximum absolute atomic E-state index is 12.9. The molecule has 2 amide bonds. The van der Waals surface area contributed by atoms with E-state index in [4.69, 9.17) is 9.47 Å². The topological polar surface area (TPSA) is 60.8 Å². The van der Waals surface area contributed by atoms with Gasteiger partial charge in [-0.1, -0.05) is 42.5 Å². The zero-order valence-electron chi connectivity index (χ0n) is 18.9. The van der Waals surface area contributed by atoms with Crippen LogP contribution in [0, 0.1) is 13.8 Å². The third-order valence-electron chi connectivity index (χ3n) is 5.60. The fourth-order valence-corrected chi connectivity index (χ4v) is 4.66. The van der Waals surface area contributed by atoms with Gasteiger partial charge < -0.3 is 14.0 Å². The van der Waals surface area contributed by atoms with E-state index in [1.807, 2.05) is 50.3 Å². The summed E-state index contributed by atoms with van der Waals surface area (Å²) >= 11 is 0.967. The van der Waals surface area contributed by atoms with Crippen molar-refractivity contribution in [3.8, 4) is 11.5 Å². The first-order chi connectivity index (χ1) is 16.0. The number of aryl methyl sites for hydroxylation is 1. The molecular weight excluding hydrogens is 436 g/mol. The van der Waals surface area contributed by atoms with Crippen LogP contribution in [0.1, 0.15) is 22.5 Å². The van der Waals surface area contributed by atoms with Crippen molar-refractivity contribution in [2.75, 3.05) is 20.3 Å². The Bertz CT molecular complexity index is 1200. The van der Waals surface area contributed by atoms with Gasteiger partial charge in [0.25, 0.3) is 11.1 Å². The van der Waals surface area contributed by atoms with E-state index in [1.165, 1.54) is 10.5 Å². The van der Waals surface area contributed by atoms with Crippen LogP contribution in [0.3, 0.4) is 0 Å². The van der Waals surface area contributed by atoms with E-state index in [0.717, 1.165) is 35.3 Å². The van der Waals surface area contributed by atoms with Crippen molar-refractivity contribution in [2.45, 2.75) is 20.4 Å². The van der Waals surface area contributed by atoms with Crippen molar-refractivity contribution < 1.29 is 19.1 Å². The highest BCUT2D eigenvalue weighted by Crippen LogP contribution is 2.33. The lowest BCUT2D eigenvalue weighted by Crippen LogP contribution is -2.32. The summed E-state index contributed by atoms with van der Waals surface area (Å²) in [7, 11) is 1.57. The fourth-order valence-electron chi connectivity index (χ4n) is 3.80. The van der Waals surface area contributed by atoms with Gasteiger partial charge in [-0.3, -0.25) is 14.5 Å². The number of methoxy groups -OCH3 is 1. The molecule has 0 aliphatic carbocycles. The first kappa shape index (κ1) is 22.7. The molecule has 1 aromatic heterocycles. The lowest BCUT2D eigenvalue weighted by molar-refractivity contribution is -0.123. The molecule has 0 saturated carbocycles. The average Bonchev–Trinajstić information content (AvgIpc) is 3.24. The molecule has 3 aromatic rings. The Kier molecular flexibility index (Phi) is 6.89. The monoisotopic (exact) mass is 462 g/mol. The summed E-state index contributed by atoms with van der Waals surface area (Å²) in [6.07, 6.45) is 1.82. The first-order valence-electron chi connectivity index (χ1n) is 10.7. The van der Waals surface area contributed by atoms with Crippen LogP contribution in [-0.4, -0.2) is 40.9 Å². The van der Waals surface area contributed by atoms with Gasteiger partial charge in [0.05, 0.1) is 18.6 Å². The van der Waals surface area contributed by atoms with Crippen LogP contribution in [0.15, 0.2) is 65.6 Å². The summed E-state index contributed by atoms with van der Waals surface area (Å²) in [6.45, 7) is 5.21. The molecule has 0 N–H and O–H groups in total. The second-order valence-electron chi connectivity index (χ2n) is 7.73. The van der Waals surface area contributed by atoms with Crippen LogP contribution in [0.2, 0.25) is 0 Å². The van der Waals surface area contributed by atoms with E-state index in [2.05, 4.69) is 22.8 Å². The van der Waals surface area contributed by atoms with Gasteiger partial charge in [-0.05, 0) is 61.0 Å². The molecule has 0 atom stereocenters. The van der Waals surface area contributed by atoms with Crippen LogP contribution < -0.4 is 9.47 Å². The van der Waals surface area contributed by atoms with Gasteiger partial charge in [-0.15, -0.1) is 0 Å². The summed E-state index contributed by atoms with van der Waals surface area (Å²) < 4.78 is 13.2. The van der Waals surface area contributed by atoms with Gasteiger partial charge in [0.2, 0.25) is 0 Å². The Hall–Kier alpha value is -3.45. The largest absolute Gasteiger partial charge is 0.493 e. The number of amides is 2. The molecule has 0 spiro atoms. The Morgan fingerprint density at radius 2 is 1.67 bits per heavy atom. The summed E-state index contributed by atoms with van der Waals surface area (Å²) in [5.74, 6) is 0.896. The number of para-hydroxylation sites is 2. The standard InChI is InChI=1S/C26H26N2O4S/c1-18-15-21(19(2)28(18)17-20-9-5-4-6-10-20)16-24-25(29)27(26(30)33-24)13-14-32-23-12-8-7-11-22(23)31-3/h4-12,15-16H,13-14,17H2,1-3H3/b24-16+. The average molecular weight is 463 g/mol. The molecule has 33 heavy (non-hydrogen) atoms. The molecule has 6 nitrogen and oxygen atoms in total. The minimum absolute atomic E-state index is 0.174. The third kappa shape index (κ3) is 4.98. The van der Waals surface area contributed by atoms with E-state index in [-0.39, 0.29) is 24.3 Å². The number of benzene rings is 2. The zero-order chi connectivity index (χ0) is 23.4. The van der Waals surface area contributed by atoms with Crippen LogP contribution in [0.4, 0.5) is 4.79 Å². The maximum atomic E-state index is 12.9. The Morgan fingerprint density at radius 3 is 2.39 bits per heavy atom. The van der Waals surface area contributed by atoms with Crippen molar-refractivity contribution in [3.63, 3.8) is 0 Å². The predicted molar refractivity (Wildman–Crippen MR) is 131 cm³/mol. The maximum Gasteiger partial charge on any atom is 0.293 e. The highest BCUT2D eigenvalue weighted by atomic mass is 32.2. The predicted octanol–water partition coefficient (Wildman–Crippen LogP) is 5.28. The lowest BCUT2D eigenvalue weighted by atomic mass is 10.2. The number of carbonyl (C=O) groups is 2. The molecule has 2 heterocycles. The Morgan fingerprint density at radius 1 is 0.970 bits per heavy atom. The summed E-state index contributed by atoms with van der Waals surface area (Å²) in [5, 5.41) is -0.284. The molecule has 170 valence electrons. The second kappa shape index (κ2) is 10.0. The number of aromatic nitrogens is 1. The zero-order valence-corrected chi connectivity index (χ0v) is 19.7. The first-order valence-corrected chi connectivity index (χ1v) is 11.5. The molecule has 0 radical (unpaired) electrons. The van der Waals surface area contributed by atoms with Crippen molar-refractivity contribution in [3.05, 3.63) is 88.1 Å². The van der Waals surface area contributed by atoms with Gasteiger partial charge >= 0.3 is 0 Å². The Labute approximate surface area is 197 Å². The number of carbonyl (C=O) groups excluding carboxylic acids is 2. The van der Waals surface area contributed by atoms with Gasteiger partial charge in [0.1, 0.15) is 6.61 Å². The number of rotatable bonds is 8. The minimum atomic E-state index is -0.290. The molecule has 1 aliphatic rings. The number of ether oxygens (including phenoxy) is 2. The Balaban J connectivity index is 1.45. The van der Waals surface area contributed by atoms with Crippen molar-refractivity contribution in [2.24, 2.45) is 0 Å². The van der Waals surface area contributed by atoms with Crippen LogP contribution in [0.5, 0.6) is 11.5 Å². The molecule has 0 unspecified atom stereocenters. The van der Waals surface area contributed by atoms with E-state index < -0.39 is 0 Å². The second-order valence-corrected chi connectivity index (χ2v) is 8.72. The van der Waals surface area contributed by atoms with Crippen LogP contribution >= 0.6 is 11.8 Å². The molecular formula is C26H26N2O4S. The number of hydrogen-bond acceptors (Lipinski definition) is 5. The van der Waals surface area contributed by atoms with Crippen LogP contribution in [-0.2, 0) is 11.3 Å². The highest BCUT2D eigenvalue weighted by Gasteiger charge is 2.35. The van der Waals surface area contributed by atoms with Gasteiger partial charge in [-0.25, -0.2) is 0 Å². The molecule has 7 heteroatoms. The molecule has 1 saturated heterocycles. The van der Waals surface area contributed by atoms with E-state index in [9.17, 15) is 9.59 Å². The van der Waals surface area contributed by atoms with Crippen LogP contribution in [0.25, 0.3) is 6.08 Å². The molecule has 2 aromatic carbocycles. The highest BCUT2D eigenvalue weighted by molar-refractivity contribution is 8.18. The normalized spacial score (nSPS) is 14.9.